The SMILES string of the molecule is CNC(=S)N/N=C(/C(=N/NC(=S)NCCOC[P+](c1ccccc1)(c1ccccc1)c1ccccc1)c1ccccc1)c1ccccn1. The molecule has 0 aliphatic rings. The second kappa shape index (κ2) is 17.9. The molecule has 0 aliphatic heterocycles. The number of aromatic nitrogens is 1. The van der Waals surface area contributed by atoms with E-state index in [4.69, 9.17) is 29.2 Å². The van der Waals surface area contributed by atoms with Crippen molar-refractivity contribution in [2.75, 3.05) is 26.5 Å². The third-order valence-electron chi connectivity index (χ3n) is 7.35. The van der Waals surface area contributed by atoms with Crippen LogP contribution in [0.1, 0.15) is 11.3 Å². The average molecular weight is 691 g/mol. The first kappa shape index (κ1) is 34.5. The maximum atomic E-state index is 6.48. The van der Waals surface area contributed by atoms with Gasteiger partial charge in [0.05, 0.1) is 12.3 Å². The van der Waals surface area contributed by atoms with Gasteiger partial charge in [-0.1, -0.05) is 91.0 Å². The number of hydrazone groups is 2. The fourth-order valence-electron chi connectivity index (χ4n) is 5.05. The van der Waals surface area contributed by atoms with E-state index < -0.39 is 7.26 Å². The van der Waals surface area contributed by atoms with E-state index in [9.17, 15) is 0 Å². The van der Waals surface area contributed by atoms with Crippen molar-refractivity contribution >= 4 is 69.3 Å². The van der Waals surface area contributed by atoms with Crippen molar-refractivity contribution in [3.63, 3.8) is 0 Å². The molecule has 0 unspecified atom stereocenters. The van der Waals surface area contributed by atoms with Crippen LogP contribution in [0.5, 0.6) is 0 Å². The number of pyridine rings is 1. The van der Waals surface area contributed by atoms with E-state index >= 15 is 0 Å². The minimum Gasteiger partial charge on any atom is -0.364 e. The van der Waals surface area contributed by atoms with Gasteiger partial charge in [0.15, 0.2) is 16.6 Å². The number of thiocarbonyl (C=S) groups is 2. The van der Waals surface area contributed by atoms with Crippen LogP contribution < -0.4 is 37.4 Å². The van der Waals surface area contributed by atoms with Crippen molar-refractivity contribution in [3.05, 3.63) is 157 Å². The van der Waals surface area contributed by atoms with E-state index in [1.165, 1.54) is 15.9 Å². The minimum absolute atomic E-state index is 0.348. The summed E-state index contributed by atoms with van der Waals surface area (Å²) in [7, 11) is -0.371. The second-order valence-electron chi connectivity index (χ2n) is 10.4. The molecule has 5 aromatic rings. The molecule has 0 radical (unpaired) electrons. The Morgan fingerprint density at radius 3 is 1.67 bits per heavy atom. The largest absolute Gasteiger partial charge is 0.364 e. The fourth-order valence-corrected chi connectivity index (χ4v) is 9.03. The van der Waals surface area contributed by atoms with Gasteiger partial charge >= 0.3 is 0 Å². The molecule has 1 heterocycles. The molecule has 0 amide bonds. The topological polar surface area (TPSA) is 95.0 Å². The van der Waals surface area contributed by atoms with Crippen LogP contribution >= 0.6 is 31.7 Å². The summed E-state index contributed by atoms with van der Waals surface area (Å²) in [5.74, 6) is 0. The highest BCUT2D eigenvalue weighted by molar-refractivity contribution is 7.95. The third kappa shape index (κ3) is 8.93. The van der Waals surface area contributed by atoms with Gasteiger partial charge in [-0.3, -0.25) is 15.8 Å². The molecule has 48 heavy (non-hydrogen) atoms. The monoisotopic (exact) mass is 690 g/mol. The van der Waals surface area contributed by atoms with E-state index in [0.717, 1.165) is 5.56 Å². The Morgan fingerprint density at radius 2 is 1.15 bits per heavy atom. The first-order chi connectivity index (χ1) is 23.6. The lowest BCUT2D eigenvalue weighted by atomic mass is 10.0. The summed E-state index contributed by atoms with van der Waals surface area (Å²) in [6.45, 7) is 0.928. The van der Waals surface area contributed by atoms with Crippen molar-refractivity contribution in [1.82, 2.24) is 26.5 Å². The molecule has 0 saturated heterocycles. The molecule has 242 valence electrons. The highest BCUT2D eigenvalue weighted by Crippen LogP contribution is 2.55. The average Bonchev–Trinajstić information content (AvgIpc) is 3.16. The van der Waals surface area contributed by atoms with Crippen LogP contribution in [-0.4, -0.2) is 53.2 Å². The Balaban J connectivity index is 1.30. The first-order valence-electron chi connectivity index (χ1n) is 15.4. The number of nitrogens with zero attached hydrogens (tertiary/aromatic N) is 3. The van der Waals surface area contributed by atoms with E-state index in [1.807, 2.05) is 48.5 Å². The number of nitrogens with one attached hydrogen (secondary N) is 4. The lowest BCUT2D eigenvalue weighted by Crippen LogP contribution is -2.37. The Morgan fingerprint density at radius 1 is 0.646 bits per heavy atom. The zero-order valence-corrected chi connectivity index (χ0v) is 29.0. The van der Waals surface area contributed by atoms with E-state index in [0.29, 0.717) is 46.8 Å². The highest BCUT2D eigenvalue weighted by atomic mass is 32.1. The van der Waals surface area contributed by atoms with Gasteiger partial charge < -0.3 is 15.4 Å². The molecule has 4 N–H and O–H groups in total. The predicted molar refractivity (Wildman–Crippen MR) is 208 cm³/mol. The van der Waals surface area contributed by atoms with Gasteiger partial charge in [0.1, 0.15) is 34.6 Å². The molecule has 1 aromatic heterocycles. The number of ether oxygens (including phenoxy) is 1. The summed E-state index contributed by atoms with van der Waals surface area (Å²) in [6.07, 6.45) is 2.25. The van der Waals surface area contributed by atoms with Crippen LogP contribution in [0.15, 0.2) is 156 Å². The smallest absolute Gasteiger partial charge is 0.187 e. The van der Waals surface area contributed by atoms with Gasteiger partial charge in [-0.2, -0.15) is 10.2 Å². The summed E-state index contributed by atoms with van der Waals surface area (Å²) in [6, 6.07) is 47.3. The minimum atomic E-state index is -2.09. The number of benzene rings is 4. The second-order valence-corrected chi connectivity index (χ2v) is 14.7. The molecule has 11 heteroatoms. The van der Waals surface area contributed by atoms with E-state index in [-0.39, 0.29) is 0 Å². The fraction of sp³-hybridized carbons (Fsp3) is 0.108. The number of hydrogen-bond donors (Lipinski definition) is 4. The van der Waals surface area contributed by atoms with Gasteiger partial charge in [-0.25, -0.2) is 0 Å². The van der Waals surface area contributed by atoms with Crippen LogP contribution in [0.25, 0.3) is 0 Å². The van der Waals surface area contributed by atoms with Gasteiger partial charge in [0.2, 0.25) is 0 Å². The summed E-state index contributed by atoms with van der Waals surface area (Å²) in [5, 5.41) is 19.9. The molecular formula is C37H37N7OPS2+. The van der Waals surface area contributed by atoms with Crippen molar-refractivity contribution < 1.29 is 4.74 Å². The quantitative estimate of drug-likeness (QED) is 0.0464. The molecular weight excluding hydrogens is 654 g/mol. The van der Waals surface area contributed by atoms with Crippen molar-refractivity contribution in [1.29, 1.82) is 0 Å². The molecule has 4 aromatic carbocycles. The first-order valence-corrected chi connectivity index (χ1v) is 18.2. The number of rotatable bonds is 13. The zero-order chi connectivity index (χ0) is 33.4. The van der Waals surface area contributed by atoms with Crippen molar-refractivity contribution in [2.24, 2.45) is 10.2 Å². The summed E-state index contributed by atoms with van der Waals surface area (Å²) >= 11 is 10.9. The van der Waals surface area contributed by atoms with Gasteiger partial charge in [-0.15, -0.1) is 0 Å². The maximum Gasteiger partial charge on any atom is 0.187 e. The molecule has 0 aliphatic carbocycles. The summed E-state index contributed by atoms with van der Waals surface area (Å²) in [4.78, 5) is 4.51. The Hall–Kier alpha value is -4.86. The van der Waals surface area contributed by atoms with Gasteiger partial charge in [0, 0.05) is 25.4 Å². The maximum absolute atomic E-state index is 6.48. The van der Waals surface area contributed by atoms with Crippen molar-refractivity contribution in [2.45, 2.75) is 0 Å². The summed E-state index contributed by atoms with van der Waals surface area (Å²) in [5.41, 5.74) is 8.31. The molecule has 0 spiro atoms. The zero-order valence-electron chi connectivity index (χ0n) is 26.5. The number of hydrogen-bond acceptors (Lipinski definition) is 6. The standard InChI is InChI=1S/C37H36N7OPS2/c1-38-36(47)43-42-35(33-24-14-15-25-39-33)34(29-16-6-2-7-17-29)41-44-37(48)40-26-27-45-28-46(30-18-8-3-9-19-30,31-20-10-4-11-21-31)32-22-12-5-13-23-32/h2-25H,26-28H2,1H3,(H3-,38,39,40,41,42,43,44,47,48)/p+1. The molecule has 0 bridgehead atoms. The van der Waals surface area contributed by atoms with Crippen LogP contribution in [0.2, 0.25) is 0 Å². The molecule has 5 rings (SSSR count). The Labute approximate surface area is 293 Å². The lowest BCUT2D eigenvalue weighted by molar-refractivity contribution is 0.185. The lowest BCUT2D eigenvalue weighted by Gasteiger charge is -2.27. The predicted octanol–water partition coefficient (Wildman–Crippen LogP) is 4.72. The van der Waals surface area contributed by atoms with Crippen LogP contribution in [0.4, 0.5) is 0 Å². The molecule has 8 nitrogen and oxygen atoms in total. The Bertz CT molecular complexity index is 1720. The van der Waals surface area contributed by atoms with Crippen LogP contribution in [-0.2, 0) is 4.74 Å². The van der Waals surface area contributed by atoms with E-state index in [1.54, 1.807) is 13.2 Å². The third-order valence-corrected chi connectivity index (χ3v) is 12.0. The van der Waals surface area contributed by atoms with Gasteiger partial charge in [-0.05, 0) is 73.0 Å². The van der Waals surface area contributed by atoms with E-state index in [2.05, 4.69) is 128 Å². The summed E-state index contributed by atoms with van der Waals surface area (Å²) < 4.78 is 6.48. The van der Waals surface area contributed by atoms with Crippen LogP contribution in [0, 0.1) is 0 Å². The molecule has 0 saturated carbocycles. The molecule has 0 atom stereocenters. The van der Waals surface area contributed by atoms with Crippen LogP contribution in [0.3, 0.4) is 0 Å². The highest BCUT2D eigenvalue weighted by Gasteiger charge is 2.45. The molecule has 0 fully saturated rings. The van der Waals surface area contributed by atoms with Crippen molar-refractivity contribution in [3.8, 4) is 0 Å². The Kier molecular flexibility index (Phi) is 12.8. The normalized spacial score (nSPS) is 11.8. The van der Waals surface area contributed by atoms with Gasteiger partial charge in [0.25, 0.3) is 0 Å².